The third-order valence-electron chi connectivity index (χ3n) is 2.04. The lowest BCUT2D eigenvalue weighted by Crippen LogP contribution is -2.38. The molecule has 3 N–H and O–H groups in total. The Kier molecular flexibility index (Phi) is 9.83. The van der Waals surface area contributed by atoms with E-state index in [0.717, 1.165) is 25.1 Å². The molecule has 1 unspecified atom stereocenters. The van der Waals surface area contributed by atoms with Gasteiger partial charge in [0, 0.05) is 19.7 Å². The summed E-state index contributed by atoms with van der Waals surface area (Å²) in [4.78, 5) is 11.2. The van der Waals surface area contributed by atoms with Gasteiger partial charge in [-0.2, -0.15) is 11.8 Å². The van der Waals surface area contributed by atoms with Crippen LogP contribution >= 0.6 is 11.8 Å². The van der Waals surface area contributed by atoms with Crippen molar-refractivity contribution in [2.45, 2.75) is 19.8 Å². The van der Waals surface area contributed by atoms with Crippen molar-refractivity contribution in [3.8, 4) is 0 Å². The predicted molar refractivity (Wildman–Crippen MR) is 65.3 cm³/mol. The lowest BCUT2D eigenvalue weighted by atomic mass is 10.1. The minimum atomic E-state index is -0.110. The lowest BCUT2D eigenvalue weighted by molar-refractivity contribution is 0.234. The number of rotatable bonds is 8. The van der Waals surface area contributed by atoms with E-state index >= 15 is 0 Å². The highest BCUT2D eigenvalue weighted by atomic mass is 32.2. The van der Waals surface area contributed by atoms with Crippen LogP contribution in [0.15, 0.2) is 0 Å². The monoisotopic (exact) mass is 234 g/mol. The van der Waals surface area contributed by atoms with Crippen LogP contribution in [0.5, 0.6) is 0 Å². The zero-order valence-electron chi connectivity index (χ0n) is 9.58. The highest BCUT2D eigenvalue weighted by Gasteiger charge is 2.03. The van der Waals surface area contributed by atoms with Crippen molar-refractivity contribution >= 4 is 17.8 Å². The van der Waals surface area contributed by atoms with E-state index in [0.29, 0.717) is 12.5 Å². The molecular formula is C10H22N2O2S. The Balaban J connectivity index is 3.32. The highest BCUT2D eigenvalue weighted by molar-refractivity contribution is 7.98. The largest absolute Gasteiger partial charge is 0.396 e. The standard InChI is InChI=1S/C10H22N2O2S/c1-9(4-6-13)8-12-10(14)11-5-3-7-15-2/h9,13H,3-8H2,1-2H3,(H2,11,12,14). The van der Waals surface area contributed by atoms with Gasteiger partial charge in [-0.05, 0) is 30.8 Å². The molecular weight excluding hydrogens is 212 g/mol. The maximum Gasteiger partial charge on any atom is 0.314 e. The smallest absolute Gasteiger partial charge is 0.314 e. The summed E-state index contributed by atoms with van der Waals surface area (Å²) >= 11 is 1.78. The molecule has 0 aromatic heterocycles. The van der Waals surface area contributed by atoms with Crippen molar-refractivity contribution in [3.63, 3.8) is 0 Å². The zero-order chi connectivity index (χ0) is 11.5. The minimum absolute atomic E-state index is 0.110. The van der Waals surface area contributed by atoms with E-state index in [9.17, 15) is 4.79 Å². The molecule has 0 heterocycles. The van der Waals surface area contributed by atoms with Crippen LogP contribution in [0.1, 0.15) is 19.8 Å². The molecule has 0 spiro atoms. The number of carbonyl (C=O) groups excluding carboxylic acids is 1. The summed E-state index contributed by atoms with van der Waals surface area (Å²) in [6.45, 7) is 3.53. The molecule has 0 aliphatic carbocycles. The third kappa shape index (κ3) is 9.87. The first-order valence-electron chi connectivity index (χ1n) is 5.32. The first-order chi connectivity index (χ1) is 7.20. The van der Waals surface area contributed by atoms with Gasteiger partial charge in [0.05, 0.1) is 0 Å². The fraction of sp³-hybridized carbons (Fsp3) is 0.900. The van der Waals surface area contributed by atoms with Crippen LogP contribution in [0.3, 0.4) is 0 Å². The quantitative estimate of drug-likeness (QED) is 0.550. The molecule has 5 heteroatoms. The van der Waals surface area contributed by atoms with Crippen LogP contribution in [0.2, 0.25) is 0 Å². The van der Waals surface area contributed by atoms with Crippen molar-refractivity contribution < 1.29 is 9.90 Å². The van der Waals surface area contributed by atoms with Gasteiger partial charge >= 0.3 is 6.03 Å². The Morgan fingerprint density at radius 1 is 1.47 bits per heavy atom. The van der Waals surface area contributed by atoms with Gasteiger partial charge in [-0.1, -0.05) is 6.92 Å². The van der Waals surface area contributed by atoms with E-state index in [2.05, 4.69) is 16.9 Å². The molecule has 0 saturated heterocycles. The molecule has 0 radical (unpaired) electrons. The van der Waals surface area contributed by atoms with E-state index in [1.807, 2.05) is 6.92 Å². The molecule has 0 rings (SSSR count). The molecule has 90 valence electrons. The molecule has 0 aliphatic heterocycles. The third-order valence-corrected chi connectivity index (χ3v) is 2.74. The summed E-state index contributed by atoms with van der Waals surface area (Å²) in [7, 11) is 0. The molecule has 0 aromatic rings. The second-order valence-corrected chi connectivity index (χ2v) is 4.59. The summed E-state index contributed by atoms with van der Waals surface area (Å²) in [5, 5.41) is 14.2. The second-order valence-electron chi connectivity index (χ2n) is 3.60. The van der Waals surface area contributed by atoms with Gasteiger partial charge in [0.1, 0.15) is 0 Å². The van der Waals surface area contributed by atoms with Crippen LogP contribution in [-0.2, 0) is 0 Å². The Morgan fingerprint density at radius 2 is 2.20 bits per heavy atom. The molecule has 0 saturated carbocycles. The number of hydrogen-bond acceptors (Lipinski definition) is 3. The average Bonchev–Trinajstić information content (AvgIpc) is 2.22. The topological polar surface area (TPSA) is 61.4 Å². The normalized spacial score (nSPS) is 12.2. The molecule has 4 nitrogen and oxygen atoms in total. The summed E-state index contributed by atoms with van der Waals surface area (Å²) in [6, 6.07) is -0.110. The van der Waals surface area contributed by atoms with Crippen molar-refractivity contribution in [3.05, 3.63) is 0 Å². The Bertz CT molecular complexity index is 168. The highest BCUT2D eigenvalue weighted by Crippen LogP contribution is 1.97. The minimum Gasteiger partial charge on any atom is -0.396 e. The number of carbonyl (C=O) groups is 1. The fourth-order valence-corrected chi connectivity index (χ4v) is 1.50. The van der Waals surface area contributed by atoms with Crippen LogP contribution in [0, 0.1) is 5.92 Å². The van der Waals surface area contributed by atoms with Gasteiger partial charge in [0.25, 0.3) is 0 Å². The fourth-order valence-electron chi connectivity index (χ4n) is 1.07. The molecule has 15 heavy (non-hydrogen) atoms. The van der Waals surface area contributed by atoms with Crippen molar-refractivity contribution in [1.29, 1.82) is 0 Å². The van der Waals surface area contributed by atoms with Crippen molar-refractivity contribution in [2.75, 3.05) is 31.7 Å². The Labute approximate surface area is 96.2 Å². The maximum absolute atomic E-state index is 11.2. The van der Waals surface area contributed by atoms with Gasteiger partial charge in [0.2, 0.25) is 0 Å². The van der Waals surface area contributed by atoms with E-state index < -0.39 is 0 Å². The van der Waals surface area contributed by atoms with E-state index in [-0.39, 0.29) is 12.6 Å². The van der Waals surface area contributed by atoms with Crippen LogP contribution in [-0.4, -0.2) is 42.8 Å². The lowest BCUT2D eigenvalue weighted by Gasteiger charge is -2.11. The van der Waals surface area contributed by atoms with E-state index in [1.165, 1.54) is 0 Å². The number of aliphatic hydroxyl groups excluding tert-OH is 1. The van der Waals surface area contributed by atoms with E-state index in [4.69, 9.17) is 5.11 Å². The predicted octanol–water partition coefficient (Wildman–Crippen LogP) is 1.06. The summed E-state index contributed by atoms with van der Waals surface area (Å²) in [5.74, 6) is 1.40. The van der Waals surface area contributed by atoms with Crippen molar-refractivity contribution in [1.82, 2.24) is 10.6 Å². The second kappa shape index (κ2) is 10.1. The molecule has 1 atom stereocenters. The van der Waals surface area contributed by atoms with Gasteiger partial charge in [-0.25, -0.2) is 4.79 Å². The Morgan fingerprint density at radius 3 is 2.80 bits per heavy atom. The molecule has 2 amide bonds. The number of urea groups is 1. The number of nitrogens with one attached hydrogen (secondary N) is 2. The Hall–Kier alpha value is -0.420. The summed E-state index contributed by atoms with van der Waals surface area (Å²) < 4.78 is 0. The SMILES string of the molecule is CSCCCNC(=O)NCC(C)CCO. The van der Waals surface area contributed by atoms with Crippen LogP contribution in [0.4, 0.5) is 4.79 Å². The molecule has 0 fully saturated rings. The molecule has 0 aliphatic rings. The maximum atomic E-state index is 11.2. The van der Waals surface area contributed by atoms with Gasteiger partial charge in [-0.15, -0.1) is 0 Å². The summed E-state index contributed by atoms with van der Waals surface area (Å²) in [5.41, 5.74) is 0. The molecule has 0 aromatic carbocycles. The number of hydrogen-bond donors (Lipinski definition) is 3. The summed E-state index contributed by atoms with van der Waals surface area (Å²) in [6.07, 6.45) is 3.78. The number of aliphatic hydroxyl groups is 1. The van der Waals surface area contributed by atoms with E-state index in [1.54, 1.807) is 11.8 Å². The first-order valence-corrected chi connectivity index (χ1v) is 6.71. The number of amides is 2. The first kappa shape index (κ1) is 14.6. The van der Waals surface area contributed by atoms with Crippen molar-refractivity contribution in [2.24, 2.45) is 5.92 Å². The van der Waals surface area contributed by atoms with Crippen LogP contribution < -0.4 is 10.6 Å². The average molecular weight is 234 g/mol. The zero-order valence-corrected chi connectivity index (χ0v) is 10.4. The van der Waals surface area contributed by atoms with Gasteiger partial charge in [0.15, 0.2) is 0 Å². The molecule has 0 bridgehead atoms. The van der Waals surface area contributed by atoms with Gasteiger partial charge < -0.3 is 15.7 Å². The van der Waals surface area contributed by atoms with Crippen LogP contribution in [0.25, 0.3) is 0 Å². The number of thioether (sulfide) groups is 1. The van der Waals surface area contributed by atoms with Gasteiger partial charge in [-0.3, -0.25) is 0 Å².